The van der Waals surface area contributed by atoms with E-state index in [1.807, 2.05) is 35.2 Å². The number of carbonyl (C=O) groups excluding carboxylic acids is 2. The molecule has 15 nitrogen and oxygen atoms in total. The molecule has 0 atom stereocenters. The van der Waals surface area contributed by atoms with Gasteiger partial charge in [-0.2, -0.15) is 52.7 Å². The van der Waals surface area contributed by atoms with Crippen LogP contribution in [-0.2, 0) is 46.1 Å². The zero-order valence-corrected chi connectivity index (χ0v) is 60.8. The molecule has 109 heavy (non-hydrogen) atoms. The SMILES string of the molecule is Fc1ccc(-c2csc3c(N4CCCC4)cnc(OCc4ccccc4)c23)cc1C(F)(F)F.O=C(CCl)N1CCCC1.O=C(Cn1cc(N2CCCC2)c2scc(-c3ccc(F)c(C(F)(F)F)c3)c2c1=O)N1CCCC1.O=C(O)C(F)(F)F.O=c1[nH]cc(N2CCCC2)c2scc(-c3ccc(F)c(C(F)(F)F)c3)c12. The molecule has 0 radical (unpaired) electrons. The molecule has 2 amide bonds. The van der Waals surface area contributed by atoms with E-state index in [1.165, 1.54) is 56.8 Å². The number of aromatic amines is 1. The number of anilines is 3. The Labute approximate surface area is 629 Å². The van der Waals surface area contributed by atoms with Crippen molar-refractivity contribution in [3.05, 3.63) is 180 Å². The minimum atomic E-state index is -5.08. The molecule has 11 heterocycles. The number of H-pyrrole nitrogens is 1. The Morgan fingerprint density at radius 3 is 1.32 bits per heavy atom. The van der Waals surface area contributed by atoms with Crippen LogP contribution >= 0.6 is 45.6 Å². The quantitative estimate of drug-likeness (QED) is 0.0883. The molecule has 34 heteroatoms. The van der Waals surface area contributed by atoms with Gasteiger partial charge in [-0.25, -0.2) is 22.9 Å². The molecule has 0 spiro atoms. The Hall–Kier alpha value is -9.34. The van der Waals surface area contributed by atoms with E-state index in [0.717, 1.165) is 185 Å². The first-order chi connectivity index (χ1) is 51.8. The van der Waals surface area contributed by atoms with Gasteiger partial charge in [0.2, 0.25) is 17.7 Å². The second-order valence-corrected chi connectivity index (χ2v) is 28.9. The van der Waals surface area contributed by atoms with Gasteiger partial charge in [0.15, 0.2) is 0 Å². The van der Waals surface area contributed by atoms with Gasteiger partial charge in [-0.05, 0) is 123 Å². The van der Waals surface area contributed by atoms with Crippen molar-refractivity contribution in [2.24, 2.45) is 0 Å². The summed E-state index contributed by atoms with van der Waals surface area (Å²) in [6, 6.07) is 18.3. The average molecular weight is 1610 g/mol. The number of rotatable bonds is 12. The highest BCUT2D eigenvalue weighted by Crippen LogP contribution is 2.47. The number of fused-ring (bicyclic) bond motifs is 3. The molecular weight excluding hydrogens is 1540 g/mol. The molecule has 5 aliphatic heterocycles. The van der Waals surface area contributed by atoms with Gasteiger partial charge in [0.25, 0.3) is 11.1 Å². The highest BCUT2D eigenvalue weighted by molar-refractivity contribution is 7.19. The summed E-state index contributed by atoms with van der Waals surface area (Å²) in [5.41, 5.74) is 0.633. The van der Waals surface area contributed by atoms with Gasteiger partial charge in [-0.3, -0.25) is 19.2 Å². The van der Waals surface area contributed by atoms with Crippen LogP contribution < -0.4 is 30.6 Å². The molecule has 15 rings (SSSR count). The van der Waals surface area contributed by atoms with Gasteiger partial charge < -0.3 is 43.9 Å². The van der Waals surface area contributed by atoms with Crippen LogP contribution in [0.1, 0.15) is 86.5 Å². The van der Waals surface area contributed by atoms with E-state index in [0.29, 0.717) is 51.1 Å². The van der Waals surface area contributed by atoms with Crippen LogP contribution in [0, 0.1) is 17.5 Å². The molecule has 5 saturated heterocycles. The van der Waals surface area contributed by atoms with Crippen molar-refractivity contribution in [3.63, 3.8) is 0 Å². The number of benzene rings is 4. The number of hydrogen-bond acceptors (Lipinski definition) is 13. The fourth-order valence-corrected chi connectivity index (χ4v) is 16.9. The number of pyridine rings is 3. The van der Waals surface area contributed by atoms with E-state index >= 15 is 0 Å². The summed E-state index contributed by atoms with van der Waals surface area (Å²) in [4.78, 5) is 75.8. The van der Waals surface area contributed by atoms with Gasteiger partial charge in [-0.15, -0.1) is 45.6 Å². The third-order valence-corrected chi connectivity index (χ3v) is 22.0. The van der Waals surface area contributed by atoms with Gasteiger partial charge >= 0.3 is 30.7 Å². The number of amides is 2. The summed E-state index contributed by atoms with van der Waals surface area (Å²) in [6.07, 6.45) is -3.94. The predicted octanol–water partition coefficient (Wildman–Crippen LogP) is 18.9. The van der Waals surface area contributed by atoms with Crippen molar-refractivity contribution in [1.82, 2.24) is 24.3 Å². The Bertz CT molecular complexity index is 5030. The Balaban J connectivity index is 0.000000148. The second kappa shape index (κ2) is 34.3. The number of carbonyl (C=O) groups is 3. The molecule has 4 aromatic carbocycles. The molecule has 6 aromatic heterocycles. The van der Waals surface area contributed by atoms with E-state index in [1.54, 1.807) is 39.6 Å². The number of hydrogen-bond donors (Lipinski definition) is 2. The number of aromatic nitrogens is 3. The Morgan fingerprint density at radius 2 is 0.890 bits per heavy atom. The van der Waals surface area contributed by atoms with Crippen molar-refractivity contribution in [1.29, 1.82) is 0 Å². The number of likely N-dealkylation sites (tertiary alicyclic amines) is 2. The molecule has 0 saturated carbocycles. The number of carboxylic acids is 1. The third kappa shape index (κ3) is 18.9. The maximum atomic E-state index is 13.9. The van der Waals surface area contributed by atoms with Crippen LogP contribution in [0.2, 0.25) is 0 Å². The van der Waals surface area contributed by atoms with Crippen LogP contribution in [0.4, 0.5) is 82.9 Å². The lowest BCUT2D eigenvalue weighted by Crippen LogP contribution is -2.35. The van der Waals surface area contributed by atoms with Crippen molar-refractivity contribution in [2.75, 3.05) is 86.0 Å². The van der Waals surface area contributed by atoms with Crippen molar-refractivity contribution >= 4 is 111 Å². The highest BCUT2D eigenvalue weighted by Gasteiger charge is 2.40. The summed E-state index contributed by atoms with van der Waals surface area (Å²) < 4.78 is 202. The van der Waals surface area contributed by atoms with Crippen LogP contribution in [0.25, 0.3) is 63.6 Å². The first-order valence-corrected chi connectivity index (χ1v) is 37.6. The number of carboxylic acid groups (broad SMARTS) is 1. The van der Waals surface area contributed by atoms with Crippen LogP contribution in [-0.4, -0.2) is 125 Å². The highest BCUT2D eigenvalue weighted by atomic mass is 35.5. The standard InChI is InChI=1S/C25H20F4N2OS.C24H23F4N3O2S.C18H14F4N2OS.C6H10ClNO.C2HF3O2/c26-20-9-8-17(12-19(20)25(27,28)29)18-15-33-23-21(31-10-4-5-11-31)13-30-24(22(18)23)32-14-16-6-2-1-3-7-16;25-18-6-5-15(11-17(18)24(26,27)28)16-14-34-22-19(29-7-1-2-8-29)12-31(23(33)21(16)22)13-20(32)30-9-3-4-10-30;19-13-4-3-10(7-12(13)18(20,21)22)11-9-26-16-14(24-5-1-2-6-24)8-23-17(25)15(11)16;7-5-6(9)8-3-1-2-4-8;3-2(4,5)1(6)7/h1-3,6-9,12-13,15H,4-5,10-11,14H2;5-6,11-12,14H,1-4,7-10,13H2;3-4,7-9H,1-2,5-6H2,(H,23,25);1-5H2;(H,6,7). The molecule has 2 N–H and O–H groups in total. The fourth-order valence-electron chi connectivity index (χ4n) is 13.4. The lowest BCUT2D eigenvalue weighted by Gasteiger charge is -2.21. The monoisotopic (exact) mass is 1610 g/mol. The minimum Gasteiger partial charge on any atom is -0.475 e. The molecule has 5 fully saturated rings. The minimum absolute atomic E-state index is 0.0779. The van der Waals surface area contributed by atoms with E-state index in [9.17, 15) is 85.0 Å². The predicted molar refractivity (Wildman–Crippen MR) is 390 cm³/mol. The van der Waals surface area contributed by atoms with E-state index < -0.39 is 70.4 Å². The Morgan fingerprint density at radius 1 is 0.505 bits per heavy atom. The lowest BCUT2D eigenvalue weighted by molar-refractivity contribution is -0.192. The second-order valence-electron chi connectivity index (χ2n) is 26.0. The zero-order valence-electron chi connectivity index (χ0n) is 57.6. The van der Waals surface area contributed by atoms with Crippen molar-refractivity contribution in [3.8, 4) is 39.3 Å². The maximum Gasteiger partial charge on any atom is 0.490 e. The van der Waals surface area contributed by atoms with Crippen molar-refractivity contribution in [2.45, 2.75) is 102 Å². The maximum absolute atomic E-state index is 13.9. The van der Waals surface area contributed by atoms with Crippen LogP contribution in [0.15, 0.2) is 129 Å². The summed E-state index contributed by atoms with van der Waals surface area (Å²) in [7, 11) is 0. The normalized spacial score (nSPS) is 15.4. The Kier molecular flexibility index (Phi) is 25.4. The number of thiophene rings is 3. The third-order valence-electron chi connectivity index (χ3n) is 18.8. The molecule has 580 valence electrons. The molecule has 0 bridgehead atoms. The number of nitrogens with zero attached hydrogens (tertiary/aromatic N) is 7. The van der Waals surface area contributed by atoms with Gasteiger partial charge in [0.05, 0.1) is 70.2 Å². The summed E-state index contributed by atoms with van der Waals surface area (Å²) >= 11 is 9.38. The first kappa shape index (κ1) is 80.7. The topological polar surface area (TPSA) is 165 Å². The average Bonchev–Trinajstić information content (AvgIpc) is 1.63. The molecule has 0 aliphatic carbocycles. The summed E-state index contributed by atoms with van der Waals surface area (Å²) in [5, 5.41) is 13.5. The molecule has 5 aliphatic rings. The number of aliphatic carboxylic acids is 1. The molecule has 0 unspecified atom stereocenters. The first-order valence-electron chi connectivity index (χ1n) is 34.4. The van der Waals surface area contributed by atoms with Gasteiger partial charge in [-0.1, -0.05) is 48.5 Å². The van der Waals surface area contributed by atoms with Gasteiger partial charge in [0.1, 0.15) is 36.5 Å². The summed E-state index contributed by atoms with van der Waals surface area (Å²) in [6.45, 7) is 8.46. The number of nitrogens with one attached hydrogen (secondary N) is 1. The van der Waals surface area contributed by atoms with E-state index in [-0.39, 0.29) is 58.5 Å². The lowest BCUT2D eigenvalue weighted by atomic mass is 10.0. The largest absolute Gasteiger partial charge is 0.490 e. The number of ether oxygens (including phenoxy) is 1. The summed E-state index contributed by atoms with van der Waals surface area (Å²) in [5.74, 6) is -6.31. The van der Waals surface area contributed by atoms with Gasteiger partial charge in [0, 0.05) is 111 Å². The number of alkyl halides is 13. The van der Waals surface area contributed by atoms with Crippen LogP contribution in [0.3, 0.4) is 0 Å². The molecule has 10 aromatic rings. The fraction of sp³-hybridized carbons (Fsp3) is 0.360. The molecular formula is C75H68ClF15N8O7S3. The van der Waals surface area contributed by atoms with Crippen molar-refractivity contribution < 1.29 is 90.1 Å². The smallest absolute Gasteiger partial charge is 0.475 e. The van der Waals surface area contributed by atoms with E-state index in [2.05, 4.69) is 24.7 Å². The van der Waals surface area contributed by atoms with Crippen LogP contribution in [0.5, 0.6) is 5.88 Å². The van der Waals surface area contributed by atoms with E-state index in [4.69, 9.17) is 26.2 Å². The zero-order chi connectivity index (χ0) is 78.3. The number of halogens is 16.